The number of carboxylic acids is 1. The fourth-order valence-corrected chi connectivity index (χ4v) is 3.34. The van der Waals surface area contributed by atoms with Crippen LogP contribution in [0.2, 0.25) is 0 Å². The highest BCUT2D eigenvalue weighted by atomic mass is 31.2. The summed E-state index contributed by atoms with van der Waals surface area (Å²) in [5, 5.41) is 9.22. The van der Waals surface area contributed by atoms with Gasteiger partial charge in [0, 0.05) is 0 Å². The van der Waals surface area contributed by atoms with Crippen molar-refractivity contribution < 1.29 is 33.0 Å². The zero-order valence-corrected chi connectivity index (χ0v) is 13.4. The SMILES string of the molecule is CCOP(=O)(OCC)C(C=O)C(OC(C)(C)C)C(=O)O. The largest absolute Gasteiger partial charge is 0.479 e. The second-order valence-corrected chi connectivity index (χ2v) is 7.18. The van der Waals surface area contributed by atoms with E-state index in [9.17, 15) is 19.3 Å². The topological polar surface area (TPSA) is 99.1 Å². The Morgan fingerprint density at radius 2 is 1.70 bits per heavy atom. The van der Waals surface area contributed by atoms with Crippen LogP contribution in [0.1, 0.15) is 34.6 Å². The third-order valence-electron chi connectivity index (χ3n) is 2.16. The van der Waals surface area contributed by atoms with Crippen molar-refractivity contribution in [2.24, 2.45) is 0 Å². The summed E-state index contributed by atoms with van der Waals surface area (Å²) in [5.74, 6) is -1.39. The van der Waals surface area contributed by atoms with E-state index in [1.165, 1.54) is 0 Å². The van der Waals surface area contributed by atoms with E-state index in [1.807, 2.05) is 0 Å². The molecule has 0 aliphatic carbocycles. The van der Waals surface area contributed by atoms with Gasteiger partial charge < -0.3 is 23.7 Å². The van der Waals surface area contributed by atoms with Crippen LogP contribution in [-0.2, 0) is 27.9 Å². The molecule has 0 aromatic rings. The van der Waals surface area contributed by atoms with Gasteiger partial charge in [-0.05, 0) is 34.6 Å². The molecule has 1 N–H and O–H groups in total. The quantitative estimate of drug-likeness (QED) is 0.514. The van der Waals surface area contributed by atoms with Crippen molar-refractivity contribution in [3.63, 3.8) is 0 Å². The second-order valence-electron chi connectivity index (χ2n) is 4.99. The summed E-state index contributed by atoms with van der Waals surface area (Å²) < 4.78 is 27.9. The molecule has 20 heavy (non-hydrogen) atoms. The van der Waals surface area contributed by atoms with Gasteiger partial charge >= 0.3 is 13.6 Å². The van der Waals surface area contributed by atoms with Crippen LogP contribution in [0.4, 0.5) is 0 Å². The normalized spacial score (nSPS) is 15.7. The number of hydrogen-bond donors (Lipinski definition) is 1. The number of aliphatic carboxylic acids is 1. The van der Waals surface area contributed by atoms with E-state index >= 15 is 0 Å². The Morgan fingerprint density at radius 1 is 1.25 bits per heavy atom. The molecule has 0 bridgehead atoms. The average molecular weight is 310 g/mol. The zero-order valence-electron chi connectivity index (χ0n) is 12.5. The van der Waals surface area contributed by atoms with Crippen LogP contribution in [0.5, 0.6) is 0 Å². The predicted molar refractivity (Wildman–Crippen MR) is 73.0 cm³/mol. The van der Waals surface area contributed by atoms with Crippen LogP contribution in [0.25, 0.3) is 0 Å². The number of carboxylic acid groups (broad SMARTS) is 1. The van der Waals surface area contributed by atoms with Crippen molar-refractivity contribution in [2.75, 3.05) is 13.2 Å². The average Bonchev–Trinajstić information content (AvgIpc) is 2.27. The van der Waals surface area contributed by atoms with Gasteiger partial charge in [0.15, 0.2) is 11.8 Å². The van der Waals surface area contributed by atoms with Crippen molar-refractivity contribution in [1.82, 2.24) is 0 Å². The Labute approximate surface area is 119 Å². The lowest BCUT2D eigenvalue weighted by Crippen LogP contribution is -2.43. The van der Waals surface area contributed by atoms with E-state index in [0.717, 1.165) is 0 Å². The fraction of sp³-hybridized carbons (Fsp3) is 0.833. The molecule has 0 heterocycles. The molecule has 0 rings (SSSR count). The molecule has 0 radical (unpaired) electrons. The maximum atomic E-state index is 12.6. The minimum absolute atomic E-state index is 0.0312. The van der Waals surface area contributed by atoms with Gasteiger partial charge in [-0.3, -0.25) is 4.57 Å². The first kappa shape index (κ1) is 19.2. The molecule has 0 spiro atoms. The van der Waals surface area contributed by atoms with Gasteiger partial charge in [0.25, 0.3) is 0 Å². The van der Waals surface area contributed by atoms with Gasteiger partial charge in [0.05, 0.1) is 18.8 Å². The first-order valence-electron chi connectivity index (χ1n) is 6.36. The highest BCUT2D eigenvalue weighted by Gasteiger charge is 2.46. The van der Waals surface area contributed by atoms with Crippen molar-refractivity contribution in [3.8, 4) is 0 Å². The minimum Gasteiger partial charge on any atom is -0.479 e. The molecule has 0 saturated carbocycles. The van der Waals surface area contributed by atoms with Crippen molar-refractivity contribution in [2.45, 2.75) is 52.0 Å². The summed E-state index contributed by atoms with van der Waals surface area (Å²) in [7, 11) is -3.90. The number of ether oxygens (including phenoxy) is 1. The number of carbonyl (C=O) groups excluding carboxylic acids is 1. The monoisotopic (exact) mass is 310 g/mol. The lowest BCUT2D eigenvalue weighted by molar-refractivity contribution is -0.161. The Bertz CT molecular complexity index is 364. The molecular weight excluding hydrogens is 287 g/mol. The summed E-state index contributed by atoms with van der Waals surface area (Å²) in [6, 6.07) is 0. The standard InChI is InChI=1S/C12H23O7P/c1-6-17-20(16,18-7-2)9(8-13)10(11(14)15)19-12(3,4)5/h8-10H,6-7H2,1-5H3,(H,14,15). The predicted octanol–water partition coefficient (Wildman–Crippen LogP) is 2.09. The van der Waals surface area contributed by atoms with Gasteiger partial charge in [0.1, 0.15) is 6.29 Å². The third kappa shape index (κ3) is 5.71. The Morgan fingerprint density at radius 3 is 1.95 bits per heavy atom. The third-order valence-corrected chi connectivity index (χ3v) is 4.52. The van der Waals surface area contributed by atoms with E-state index in [1.54, 1.807) is 34.6 Å². The number of carbonyl (C=O) groups is 2. The maximum Gasteiger partial charge on any atom is 0.344 e. The zero-order chi connectivity index (χ0) is 16.0. The molecule has 0 saturated heterocycles. The summed E-state index contributed by atoms with van der Waals surface area (Å²) in [5.41, 5.74) is -2.34. The molecule has 0 amide bonds. The van der Waals surface area contributed by atoms with Crippen LogP contribution in [-0.4, -0.2) is 47.9 Å². The van der Waals surface area contributed by atoms with Crippen molar-refractivity contribution >= 4 is 19.9 Å². The maximum absolute atomic E-state index is 12.6. The first-order chi connectivity index (χ1) is 9.11. The van der Waals surface area contributed by atoms with Crippen LogP contribution in [0.15, 0.2) is 0 Å². The van der Waals surface area contributed by atoms with Crippen molar-refractivity contribution in [3.05, 3.63) is 0 Å². The summed E-state index contributed by atoms with van der Waals surface area (Å²) in [6.07, 6.45) is -1.34. The molecule has 7 nitrogen and oxygen atoms in total. The van der Waals surface area contributed by atoms with E-state index in [2.05, 4.69) is 0 Å². The molecule has 0 aromatic heterocycles. The highest BCUT2D eigenvalue weighted by molar-refractivity contribution is 7.55. The van der Waals surface area contributed by atoms with E-state index in [0.29, 0.717) is 0 Å². The molecule has 0 aliphatic rings. The van der Waals surface area contributed by atoms with Gasteiger partial charge in [-0.25, -0.2) is 4.79 Å². The van der Waals surface area contributed by atoms with E-state index in [-0.39, 0.29) is 19.5 Å². The van der Waals surface area contributed by atoms with Crippen LogP contribution >= 0.6 is 7.60 Å². The summed E-state index contributed by atoms with van der Waals surface area (Å²) in [4.78, 5) is 22.6. The number of hydrogen-bond acceptors (Lipinski definition) is 6. The van der Waals surface area contributed by atoms with Gasteiger partial charge in [0.2, 0.25) is 0 Å². The van der Waals surface area contributed by atoms with Crippen molar-refractivity contribution in [1.29, 1.82) is 0 Å². The molecular formula is C12H23O7P. The molecule has 0 fully saturated rings. The Balaban J connectivity index is 5.49. The molecule has 0 aromatic carbocycles. The number of aldehydes is 1. The van der Waals surface area contributed by atoms with Gasteiger partial charge in [-0.1, -0.05) is 0 Å². The summed E-state index contributed by atoms with van der Waals surface area (Å²) >= 11 is 0. The van der Waals surface area contributed by atoms with Crippen LogP contribution < -0.4 is 0 Å². The molecule has 0 aliphatic heterocycles. The molecule has 2 atom stereocenters. The fourth-order valence-electron chi connectivity index (χ4n) is 1.53. The summed E-state index contributed by atoms with van der Waals surface area (Å²) in [6.45, 7) is 8.13. The van der Waals surface area contributed by atoms with Crippen LogP contribution in [0.3, 0.4) is 0 Å². The lowest BCUT2D eigenvalue weighted by Gasteiger charge is -2.31. The second kappa shape index (κ2) is 7.88. The van der Waals surface area contributed by atoms with Crippen LogP contribution in [0, 0.1) is 0 Å². The smallest absolute Gasteiger partial charge is 0.344 e. The molecule has 118 valence electrons. The number of rotatable bonds is 9. The minimum atomic E-state index is -3.90. The Kier molecular flexibility index (Phi) is 7.59. The lowest BCUT2D eigenvalue weighted by atomic mass is 10.1. The first-order valence-corrected chi connectivity index (χ1v) is 7.97. The molecule has 8 heteroatoms. The Hall–Kier alpha value is -0.750. The van der Waals surface area contributed by atoms with Gasteiger partial charge in [-0.2, -0.15) is 0 Å². The van der Waals surface area contributed by atoms with Gasteiger partial charge in [-0.15, -0.1) is 0 Å². The highest BCUT2D eigenvalue weighted by Crippen LogP contribution is 2.54. The molecule has 2 unspecified atom stereocenters. The van der Waals surface area contributed by atoms with E-state index < -0.39 is 30.9 Å². The van der Waals surface area contributed by atoms with E-state index in [4.69, 9.17) is 13.8 Å².